The fourth-order valence-electron chi connectivity index (χ4n) is 0.545. The van der Waals surface area contributed by atoms with Gasteiger partial charge in [-0.3, -0.25) is 10.1 Å². The van der Waals surface area contributed by atoms with Crippen LogP contribution in [-0.2, 0) is 4.79 Å². The number of rotatable bonds is 2. The van der Waals surface area contributed by atoms with Crippen LogP contribution in [-0.4, -0.2) is 27.4 Å². The predicted molar refractivity (Wildman–Crippen MR) is 41.9 cm³/mol. The lowest BCUT2D eigenvalue weighted by Gasteiger charge is -1.99. The molecule has 0 radical (unpaired) electrons. The van der Waals surface area contributed by atoms with Crippen LogP contribution in [0.15, 0.2) is 6.33 Å². The third-order valence-corrected chi connectivity index (χ3v) is 1.03. The maximum absolute atomic E-state index is 10.7. The van der Waals surface area contributed by atoms with Gasteiger partial charge < -0.3 is 11.5 Å². The van der Waals surface area contributed by atoms with E-state index < -0.39 is 0 Å². The number of carbonyl (C=O) groups excluding carboxylic acids is 1. The van der Waals surface area contributed by atoms with Crippen LogP contribution in [0.1, 0.15) is 0 Å². The Balaban J connectivity index is 2.69. The molecule has 1 heterocycles. The zero-order valence-electron chi connectivity index (χ0n) is 6.19. The van der Waals surface area contributed by atoms with Gasteiger partial charge in [-0.25, -0.2) is 9.97 Å². The van der Waals surface area contributed by atoms with E-state index in [1.807, 2.05) is 0 Å². The van der Waals surface area contributed by atoms with Crippen molar-refractivity contribution in [1.29, 1.82) is 0 Å². The van der Waals surface area contributed by atoms with Gasteiger partial charge in [0.15, 0.2) is 0 Å². The van der Waals surface area contributed by atoms with Crippen LogP contribution in [0.25, 0.3) is 0 Å². The second kappa shape index (κ2) is 3.58. The number of nitrogen functional groups attached to an aromatic ring is 1. The molecule has 7 nitrogen and oxygen atoms in total. The minimum absolute atomic E-state index is 0.0531. The molecule has 0 unspecified atom stereocenters. The van der Waals surface area contributed by atoms with Crippen molar-refractivity contribution >= 4 is 17.8 Å². The molecule has 0 bridgehead atoms. The van der Waals surface area contributed by atoms with Gasteiger partial charge in [0.1, 0.15) is 6.33 Å². The standard InChI is InChI=1S/C5H8N6O/c6-1-3(12)10-5-9-2-8-4(7)11-5/h2H,1,6H2,(H3,7,8,9,10,11,12). The molecule has 12 heavy (non-hydrogen) atoms. The van der Waals surface area contributed by atoms with E-state index in [9.17, 15) is 4.79 Å². The number of amides is 1. The fraction of sp³-hybridized carbons (Fsp3) is 0.200. The van der Waals surface area contributed by atoms with Crippen LogP contribution < -0.4 is 16.8 Å². The van der Waals surface area contributed by atoms with E-state index in [4.69, 9.17) is 11.5 Å². The van der Waals surface area contributed by atoms with Crippen LogP contribution in [0.3, 0.4) is 0 Å². The topological polar surface area (TPSA) is 120 Å². The lowest BCUT2D eigenvalue weighted by atomic mass is 10.6. The molecule has 1 amide bonds. The second-order valence-electron chi connectivity index (χ2n) is 1.92. The van der Waals surface area contributed by atoms with E-state index in [-0.39, 0.29) is 24.3 Å². The van der Waals surface area contributed by atoms with Crippen molar-refractivity contribution in [3.8, 4) is 0 Å². The molecule has 64 valence electrons. The summed E-state index contributed by atoms with van der Waals surface area (Å²) in [6, 6.07) is 0. The average molecular weight is 168 g/mol. The average Bonchev–Trinajstić information content (AvgIpc) is 2.04. The van der Waals surface area contributed by atoms with Gasteiger partial charge in [-0.1, -0.05) is 0 Å². The Morgan fingerprint density at radius 2 is 2.33 bits per heavy atom. The Labute approximate surface area is 68.2 Å². The summed E-state index contributed by atoms with van der Waals surface area (Å²) in [6.45, 7) is -0.119. The molecule has 0 fully saturated rings. The lowest BCUT2D eigenvalue weighted by molar-refractivity contribution is -0.114. The SMILES string of the molecule is NCC(=O)Nc1ncnc(N)n1. The van der Waals surface area contributed by atoms with E-state index in [0.29, 0.717) is 0 Å². The molecule has 0 saturated carbocycles. The molecule has 0 spiro atoms. The van der Waals surface area contributed by atoms with Crippen LogP contribution in [0.4, 0.5) is 11.9 Å². The van der Waals surface area contributed by atoms with Gasteiger partial charge in [0.05, 0.1) is 6.54 Å². The van der Waals surface area contributed by atoms with Crippen LogP contribution in [0.2, 0.25) is 0 Å². The summed E-state index contributed by atoms with van der Waals surface area (Å²) in [5.74, 6) is -0.212. The molecule has 0 aromatic carbocycles. The number of carbonyl (C=O) groups is 1. The van der Waals surface area contributed by atoms with Gasteiger partial charge in [0.2, 0.25) is 17.8 Å². The Hall–Kier alpha value is -1.76. The van der Waals surface area contributed by atoms with Crippen molar-refractivity contribution in [2.24, 2.45) is 5.73 Å². The summed E-state index contributed by atoms with van der Waals surface area (Å²) in [6.07, 6.45) is 1.20. The molecule has 0 aliphatic heterocycles. The number of nitrogens with one attached hydrogen (secondary N) is 1. The van der Waals surface area contributed by atoms with E-state index in [0.717, 1.165) is 0 Å². The van der Waals surface area contributed by atoms with Gasteiger partial charge in [0, 0.05) is 0 Å². The Morgan fingerprint density at radius 1 is 1.58 bits per heavy atom. The summed E-state index contributed by atoms with van der Waals surface area (Å²) in [5, 5.41) is 2.33. The summed E-state index contributed by atoms with van der Waals surface area (Å²) < 4.78 is 0. The van der Waals surface area contributed by atoms with E-state index in [1.165, 1.54) is 6.33 Å². The molecule has 1 aromatic heterocycles. The van der Waals surface area contributed by atoms with E-state index >= 15 is 0 Å². The smallest absolute Gasteiger partial charge is 0.240 e. The minimum Gasteiger partial charge on any atom is -0.368 e. The molecule has 7 heteroatoms. The number of nitrogens with zero attached hydrogens (tertiary/aromatic N) is 3. The highest BCUT2D eigenvalue weighted by Crippen LogP contribution is 1.96. The quantitative estimate of drug-likeness (QED) is 0.486. The number of anilines is 2. The monoisotopic (exact) mass is 168 g/mol. The minimum atomic E-state index is -0.374. The van der Waals surface area contributed by atoms with E-state index in [1.54, 1.807) is 0 Å². The first kappa shape index (κ1) is 8.34. The summed E-state index contributed by atoms with van der Waals surface area (Å²) in [4.78, 5) is 21.5. The Bertz CT molecular complexity index is 287. The molecule has 1 rings (SSSR count). The first-order valence-corrected chi connectivity index (χ1v) is 3.17. The first-order valence-electron chi connectivity index (χ1n) is 3.17. The number of aromatic nitrogens is 3. The zero-order chi connectivity index (χ0) is 8.97. The largest absolute Gasteiger partial charge is 0.368 e. The van der Waals surface area contributed by atoms with Crippen molar-refractivity contribution in [1.82, 2.24) is 15.0 Å². The molecule has 0 atom stereocenters. The third kappa shape index (κ3) is 2.13. The molecule has 0 aliphatic carbocycles. The lowest BCUT2D eigenvalue weighted by Crippen LogP contribution is -2.23. The highest BCUT2D eigenvalue weighted by Gasteiger charge is 2.01. The molecule has 0 saturated heterocycles. The zero-order valence-corrected chi connectivity index (χ0v) is 6.19. The van der Waals surface area contributed by atoms with Crippen molar-refractivity contribution in [2.45, 2.75) is 0 Å². The third-order valence-electron chi connectivity index (χ3n) is 1.03. The van der Waals surface area contributed by atoms with Crippen LogP contribution in [0, 0.1) is 0 Å². The number of nitrogens with two attached hydrogens (primary N) is 2. The maximum Gasteiger partial charge on any atom is 0.240 e. The van der Waals surface area contributed by atoms with Crippen molar-refractivity contribution in [3.63, 3.8) is 0 Å². The fourth-order valence-corrected chi connectivity index (χ4v) is 0.545. The Morgan fingerprint density at radius 3 is 2.92 bits per heavy atom. The van der Waals surface area contributed by atoms with Gasteiger partial charge in [-0.05, 0) is 0 Å². The van der Waals surface area contributed by atoms with Gasteiger partial charge in [-0.2, -0.15) is 4.98 Å². The van der Waals surface area contributed by atoms with Gasteiger partial charge >= 0.3 is 0 Å². The number of hydrogen-bond donors (Lipinski definition) is 3. The molecule has 0 aliphatic rings. The van der Waals surface area contributed by atoms with Crippen molar-refractivity contribution in [2.75, 3.05) is 17.6 Å². The predicted octanol–water partition coefficient (Wildman–Crippen LogP) is -1.65. The second-order valence-corrected chi connectivity index (χ2v) is 1.92. The summed E-state index contributed by atoms with van der Waals surface area (Å²) in [7, 11) is 0. The molecule has 5 N–H and O–H groups in total. The Kier molecular flexibility index (Phi) is 2.49. The highest BCUT2D eigenvalue weighted by atomic mass is 16.1. The van der Waals surface area contributed by atoms with Crippen molar-refractivity contribution < 1.29 is 4.79 Å². The van der Waals surface area contributed by atoms with Crippen LogP contribution >= 0.6 is 0 Å². The van der Waals surface area contributed by atoms with Gasteiger partial charge in [-0.15, -0.1) is 0 Å². The first-order chi connectivity index (χ1) is 5.72. The molecular weight excluding hydrogens is 160 g/mol. The van der Waals surface area contributed by atoms with Crippen LogP contribution in [0.5, 0.6) is 0 Å². The maximum atomic E-state index is 10.7. The van der Waals surface area contributed by atoms with Gasteiger partial charge in [0.25, 0.3) is 0 Å². The van der Waals surface area contributed by atoms with Crippen molar-refractivity contribution in [3.05, 3.63) is 6.33 Å². The molecular formula is C5H8N6O. The highest BCUT2D eigenvalue weighted by molar-refractivity contribution is 5.90. The summed E-state index contributed by atoms with van der Waals surface area (Å²) in [5.41, 5.74) is 10.3. The molecule has 1 aromatic rings. The number of hydrogen-bond acceptors (Lipinski definition) is 6. The summed E-state index contributed by atoms with van der Waals surface area (Å²) >= 11 is 0. The normalized spacial score (nSPS) is 9.42. The van der Waals surface area contributed by atoms with E-state index in [2.05, 4.69) is 20.3 Å².